The molecule has 3 N–H and O–H groups in total. The van der Waals surface area contributed by atoms with E-state index in [4.69, 9.17) is 4.74 Å². The molecule has 2 atom stereocenters. The zero-order chi connectivity index (χ0) is 20.0. The first-order valence-corrected chi connectivity index (χ1v) is 8.74. The van der Waals surface area contributed by atoms with E-state index in [2.05, 4.69) is 20.9 Å². The molecule has 0 aromatic carbocycles. The molecule has 1 aliphatic heterocycles. The first kappa shape index (κ1) is 20.4. The molecule has 1 unspecified atom stereocenters. The monoisotopic (exact) mass is 376 g/mol. The normalized spacial score (nSPS) is 15.6. The molecule has 0 radical (unpaired) electrons. The lowest BCUT2D eigenvalue weighted by atomic mass is 10.1. The van der Waals surface area contributed by atoms with Crippen molar-refractivity contribution < 1.29 is 18.7 Å². The maximum Gasteiger partial charge on any atom is 0.251 e. The maximum absolute atomic E-state index is 12.9. The van der Waals surface area contributed by atoms with Crippen molar-refractivity contribution in [2.75, 3.05) is 13.2 Å². The number of pyridine rings is 1. The van der Waals surface area contributed by atoms with Crippen molar-refractivity contribution in [3.63, 3.8) is 0 Å². The number of nitrogens with one attached hydrogen (secondary N) is 3. The molecular weight excluding hydrogens is 351 g/mol. The summed E-state index contributed by atoms with van der Waals surface area (Å²) in [6.07, 6.45) is 3.86. The second kappa shape index (κ2) is 9.16. The fraction of sp³-hybridized carbons (Fsp3) is 0.421. The Labute approximate surface area is 158 Å². The van der Waals surface area contributed by atoms with Crippen LogP contribution in [0.1, 0.15) is 37.9 Å². The minimum Gasteiger partial charge on any atom is -0.474 e. The van der Waals surface area contributed by atoms with Crippen molar-refractivity contribution in [3.8, 4) is 5.88 Å². The van der Waals surface area contributed by atoms with E-state index in [-0.39, 0.29) is 24.5 Å². The summed E-state index contributed by atoms with van der Waals surface area (Å²) < 4.78 is 18.2. The quantitative estimate of drug-likeness (QED) is 0.675. The van der Waals surface area contributed by atoms with Crippen molar-refractivity contribution in [2.24, 2.45) is 0 Å². The summed E-state index contributed by atoms with van der Waals surface area (Å²) in [6, 6.07) is 1.57. The highest BCUT2D eigenvalue weighted by atomic mass is 19.1. The SMILES string of the molecule is CC(=O)NC1=CC(C(=O)NC(C)c2cnc(OC[C@@H](C)F)c(C)c2)=CCN1. The molecule has 146 valence electrons. The molecule has 2 amide bonds. The molecule has 1 aromatic rings. The third kappa shape index (κ3) is 6.09. The van der Waals surface area contributed by atoms with E-state index in [0.29, 0.717) is 23.8 Å². The lowest BCUT2D eigenvalue weighted by molar-refractivity contribution is -0.119. The Morgan fingerprint density at radius 1 is 1.41 bits per heavy atom. The fourth-order valence-corrected chi connectivity index (χ4v) is 2.49. The van der Waals surface area contributed by atoms with Crippen LogP contribution >= 0.6 is 0 Å². The van der Waals surface area contributed by atoms with Crippen LogP contribution in [0, 0.1) is 6.92 Å². The molecule has 27 heavy (non-hydrogen) atoms. The van der Waals surface area contributed by atoms with Crippen LogP contribution in [0.3, 0.4) is 0 Å². The number of amides is 2. The molecule has 0 fully saturated rings. The van der Waals surface area contributed by atoms with E-state index in [9.17, 15) is 14.0 Å². The van der Waals surface area contributed by atoms with Crippen LogP contribution in [0.25, 0.3) is 0 Å². The van der Waals surface area contributed by atoms with E-state index >= 15 is 0 Å². The Bertz CT molecular complexity index is 774. The predicted octanol–water partition coefficient (Wildman–Crippen LogP) is 1.81. The van der Waals surface area contributed by atoms with E-state index in [1.807, 2.05) is 19.9 Å². The van der Waals surface area contributed by atoms with Crippen LogP contribution in [0.2, 0.25) is 0 Å². The van der Waals surface area contributed by atoms with Gasteiger partial charge in [0.05, 0.1) is 6.04 Å². The number of hydrogen-bond acceptors (Lipinski definition) is 5. The third-order valence-electron chi connectivity index (χ3n) is 3.84. The molecule has 0 saturated heterocycles. The van der Waals surface area contributed by atoms with Crippen molar-refractivity contribution >= 4 is 11.8 Å². The van der Waals surface area contributed by atoms with Crippen LogP contribution in [0.4, 0.5) is 4.39 Å². The van der Waals surface area contributed by atoms with Gasteiger partial charge < -0.3 is 20.7 Å². The number of hydrogen-bond donors (Lipinski definition) is 3. The molecule has 2 heterocycles. The molecule has 0 spiro atoms. The van der Waals surface area contributed by atoms with Gasteiger partial charge in [0.15, 0.2) is 0 Å². The maximum atomic E-state index is 12.9. The van der Waals surface area contributed by atoms with Gasteiger partial charge in [-0.15, -0.1) is 0 Å². The number of carbonyl (C=O) groups is 2. The molecule has 1 aromatic heterocycles. The van der Waals surface area contributed by atoms with Gasteiger partial charge in [-0.3, -0.25) is 9.59 Å². The lowest BCUT2D eigenvalue weighted by Gasteiger charge is -2.19. The summed E-state index contributed by atoms with van der Waals surface area (Å²) in [5, 5.41) is 8.50. The largest absolute Gasteiger partial charge is 0.474 e. The summed E-state index contributed by atoms with van der Waals surface area (Å²) >= 11 is 0. The molecule has 2 rings (SSSR count). The van der Waals surface area contributed by atoms with Crippen LogP contribution < -0.4 is 20.7 Å². The number of halogens is 1. The smallest absolute Gasteiger partial charge is 0.251 e. The molecule has 0 bridgehead atoms. The van der Waals surface area contributed by atoms with E-state index in [1.54, 1.807) is 18.3 Å². The molecular formula is C19H25FN4O3. The van der Waals surface area contributed by atoms with E-state index in [0.717, 1.165) is 11.1 Å². The first-order chi connectivity index (χ1) is 12.8. The van der Waals surface area contributed by atoms with Crippen molar-refractivity contribution in [1.82, 2.24) is 20.9 Å². The van der Waals surface area contributed by atoms with Crippen molar-refractivity contribution in [3.05, 3.63) is 46.9 Å². The average molecular weight is 376 g/mol. The standard InChI is InChI=1S/C19H25FN4O3/c1-11-7-16(9-22-19(11)27-10-12(2)20)13(3)23-18(26)15-5-6-21-17(8-15)24-14(4)25/h5,7-9,12-13,21H,6,10H2,1-4H3,(H,23,26)(H,24,25)/t12-,13?/m1/s1. The van der Waals surface area contributed by atoms with Crippen LogP contribution in [0.5, 0.6) is 5.88 Å². The Hall–Kier alpha value is -2.90. The van der Waals surface area contributed by atoms with Crippen LogP contribution in [-0.2, 0) is 9.59 Å². The minimum absolute atomic E-state index is 0.0510. The summed E-state index contributed by atoms with van der Waals surface area (Å²) in [7, 11) is 0. The zero-order valence-electron chi connectivity index (χ0n) is 15.9. The van der Waals surface area contributed by atoms with Gasteiger partial charge in [-0.05, 0) is 38.5 Å². The highest BCUT2D eigenvalue weighted by Gasteiger charge is 2.17. The third-order valence-corrected chi connectivity index (χ3v) is 3.84. The number of aryl methyl sites for hydroxylation is 1. The van der Waals surface area contributed by atoms with Gasteiger partial charge in [0.2, 0.25) is 11.8 Å². The second-order valence-corrected chi connectivity index (χ2v) is 6.46. The topological polar surface area (TPSA) is 92.4 Å². The first-order valence-electron chi connectivity index (χ1n) is 8.74. The molecule has 7 nitrogen and oxygen atoms in total. The zero-order valence-corrected chi connectivity index (χ0v) is 15.9. The van der Waals surface area contributed by atoms with E-state index in [1.165, 1.54) is 13.8 Å². The second-order valence-electron chi connectivity index (χ2n) is 6.46. The number of nitrogens with zero attached hydrogens (tertiary/aromatic N) is 1. The Morgan fingerprint density at radius 3 is 2.78 bits per heavy atom. The van der Waals surface area contributed by atoms with Crippen molar-refractivity contribution in [2.45, 2.75) is 39.9 Å². The Kier molecular flexibility index (Phi) is 6.92. The predicted molar refractivity (Wildman–Crippen MR) is 99.6 cm³/mol. The van der Waals surface area contributed by atoms with Gasteiger partial charge in [0, 0.05) is 30.8 Å². The van der Waals surface area contributed by atoms with Gasteiger partial charge in [-0.25, -0.2) is 9.37 Å². The van der Waals surface area contributed by atoms with Gasteiger partial charge >= 0.3 is 0 Å². The number of alkyl halides is 1. The van der Waals surface area contributed by atoms with Crippen LogP contribution in [0.15, 0.2) is 35.8 Å². The number of carbonyl (C=O) groups excluding carboxylic acids is 2. The Balaban J connectivity index is 2.02. The average Bonchev–Trinajstić information content (AvgIpc) is 2.60. The summed E-state index contributed by atoms with van der Waals surface area (Å²) in [6.45, 7) is 6.88. The van der Waals surface area contributed by atoms with E-state index < -0.39 is 6.17 Å². The summed E-state index contributed by atoms with van der Waals surface area (Å²) in [5.41, 5.74) is 2.04. The van der Waals surface area contributed by atoms with Gasteiger partial charge in [-0.1, -0.05) is 6.08 Å². The highest BCUT2D eigenvalue weighted by molar-refractivity contribution is 5.97. The molecule has 0 saturated carbocycles. The van der Waals surface area contributed by atoms with Crippen LogP contribution in [-0.4, -0.2) is 36.1 Å². The minimum atomic E-state index is -1.07. The molecule has 1 aliphatic rings. The highest BCUT2D eigenvalue weighted by Crippen LogP contribution is 2.20. The summed E-state index contributed by atoms with van der Waals surface area (Å²) in [5.74, 6) is 0.403. The number of ether oxygens (including phenoxy) is 1. The van der Waals surface area contributed by atoms with Gasteiger partial charge in [0.25, 0.3) is 5.91 Å². The lowest BCUT2D eigenvalue weighted by Crippen LogP contribution is -2.35. The number of aromatic nitrogens is 1. The molecule has 0 aliphatic carbocycles. The van der Waals surface area contributed by atoms with Crippen molar-refractivity contribution in [1.29, 1.82) is 0 Å². The number of rotatable bonds is 7. The summed E-state index contributed by atoms with van der Waals surface area (Å²) in [4.78, 5) is 27.8. The van der Waals surface area contributed by atoms with Gasteiger partial charge in [-0.2, -0.15) is 0 Å². The van der Waals surface area contributed by atoms with Gasteiger partial charge in [0.1, 0.15) is 18.6 Å². The molecule has 8 heteroatoms. The Morgan fingerprint density at radius 2 is 2.15 bits per heavy atom. The number of dihydropyridines is 1. The fourth-order valence-electron chi connectivity index (χ4n) is 2.49.